The zero-order valence-electron chi connectivity index (χ0n) is 10.2. The van der Waals surface area contributed by atoms with Crippen LogP contribution in [-0.4, -0.2) is 23.7 Å². The Balaban J connectivity index is 2.22. The van der Waals surface area contributed by atoms with Gasteiger partial charge in [-0.2, -0.15) is 0 Å². The molecule has 18 heavy (non-hydrogen) atoms. The Bertz CT molecular complexity index is 504. The summed E-state index contributed by atoms with van der Waals surface area (Å²) in [5.41, 5.74) is 1.42. The number of hydrogen-bond acceptors (Lipinski definition) is 5. The fraction of sp³-hybridized carbons (Fsp3) is 0.333. The molecule has 0 aliphatic heterocycles. The minimum absolute atomic E-state index is 0.0506. The number of nitrogens with one attached hydrogen (secondary N) is 1. The van der Waals surface area contributed by atoms with E-state index < -0.39 is 0 Å². The van der Waals surface area contributed by atoms with Gasteiger partial charge < -0.3 is 10.1 Å². The molecule has 96 valence electrons. The molecule has 2 rings (SSSR count). The molecule has 1 aromatic heterocycles. The fourth-order valence-corrected chi connectivity index (χ4v) is 2.28. The largest absolute Gasteiger partial charge is 0.494 e. The molecule has 1 N–H and O–H groups in total. The highest BCUT2D eigenvalue weighted by atomic mass is 32.1. The van der Waals surface area contributed by atoms with Gasteiger partial charge in [0.1, 0.15) is 0 Å². The second kappa shape index (κ2) is 5.88. The van der Waals surface area contributed by atoms with E-state index in [1.54, 1.807) is 18.2 Å². The van der Waals surface area contributed by atoms with Crippen LogP contribution >= 0.6 is 11.5 Å². The van der Waals surface area contributed by atoms with Gasteiger partial charge in [0, 0.05) is 5.38 Å². The normalized spacial score (nSPS) is 12.4. The molecule has 0 aliphatic carbocycles. The first-order chi connectivity index (χ1) is 8.76. The maximum absolute atomic E-state index is 14.0. The third-order valence-corrected chi connectivity index (χ3v) is 3.29. The maximum atomic E-state index is 14.0. The van der Waals surface area contributed by atoms with Crippen LogP contribution < -0.4 is 10.1 Å². The molecule has 6 heteroatoms. The number of benzene rings is 1. The van der Waals surface area contributed by atoms with E-state index in [0.717, 1.165) is 5.69 Å². The molecule has 1 unspecified atom stereocenters. The first-order valence-electron chi connectivity index (χ1n) is 5.52. The van der Waals surface area contributed by atoms with Crippen molar-refractivity contribution in [3.05, 3.63) is 40.7 Å². The Morgan fingerprint density at radius 1 is 1.50 bits per heavy atom. The van der Waals surface area contributed by atoms with E-state index in [1.807, 2.05) is 12.4 Å². The van der Waals surface area contributed by atoms with Gasteiger partial charge in [0.15, 0.2) is 11.6 Å². The van der Waals surface area contributed by atoms with Gasteiger partial charge in [-0.3, -0.25) is 0 Å². The van der Waals surface area contributed by atoms with Crippen molar-refractivity contribution in [2.24, 2.45) is 0 Å². The average Bonchev–Trinajstić information content (AvgIpc) is 2.91. The van der Waals surface area contributed by atoms with Gasteiger partial charge in [0.05, 0.1) is 18.8 Å². The van der Waals surface area contributed by atoms with Gasteiger partial charge in [-0.1, -0.05) is 16.6 Å². The van der Waals surface area contributed by atoms with Crippen molar-refractivity contribution in [2.75, 3.05) is 14.2 Å². The molecule has 4 nitrogen and oxygen atoms in total. The molecule has 0 saturated heterocycles. The van der Waals surface area contributed by atoms with E-state index in [-0.39, 0.29) is 17.6 Å². The van der Waals surface area contributed by atoms with Crippen LogP contribution in [0.3, 0.4) is 0 Å². The lowest BCUT2D eigenvalue weighted by Gasteiger charge is -2.14. The summed E-state index contributed by atoms with van der Waals surface area (Å²) in [6.07, 6.45) is 0.505. The lowest BCUT2D eigenvalue weighted by atomic mass is 10.0. The van der Waals surface area contributed by atoms with E-state index in [1.165, 1.54) is 18.6 Å². The number of rotatable bonds is 5. The summed E-state index contributed by atoms with van der Waals surface area (Å²) < 4.78 is 22.8. The van der Waals surface area contributed by atoms with Crippen molar-refractivity contribution in [3.8, 4) is 5.75 Å². The van der Waals surface area contributed by atoms with Crippen molar-refractivity contribution in [1.82, 2.24) is 14.9 Å². The first kappa shape index (κ1) is 12.9. The molecule has 0 radical (unpaired) electrons. The molecule has 0 fully saturated rings. The SMILES string of the molecule is CNC(Cc1cccc(OC)c1F)c1csnn1. The molecule has 0 saturated carbocycles. The van der Waals surface area contributed by atoms with Crippen molar-refractivity contribution in [2.45, 2.75) is 12.5 Å². The van der Waals surface area contributed by atoms with Crippen molar-refractivity contribution < 1.29 is 9.13 Å². The van der Waals surface area contributed by atoms with Gasteiger partial charge in [0.2, 0.25) is 0 Å². The predicted molar refractivity (Wildman–Crippen MR) is 68.4 cm³/mol. The highest BCUT2D eigenvalue weighted by Gasteiger charge is 2.16. The minimum atomic E-state index is -0.316. The monoisotopic (exact) mass is 267 g/mol. The Labute approximate surface area is 109 Å². The number of ether oxygens (including phenoxy) is 1. The summed E-state index contributed by atoms with van der Waals surface area (Å²) in [4.78, 5) is 0. The minimum Gasteiger partial charge on any atom is -0.494 e. The third kappa shape index (κ3) is 2.65. The number of hydrogen-bond donors (Lipinski definition) is 1. The van der Waals surface area contributed by atoms with Crippen LogP contribution in [0.4, 0.5) is 4.39 Å². The number of likely N-dealkylation sites (N-methyl/N-ethyl adjacent to an activating group) is 1. The van der Waals surface area contributed by atoms with Crippen molar-refractivity contribution in [1.29, 1.82) is 0 Å². The molecular formula is C12H14FN3OS. The Morgan fingerprint density at radius 3 is 2.94 bits per heavy atom. The molecule has 2 aromatic rings. The van der Waals surface area contributed by atoms with Crippen molar-refractivity contribution in [3.63, 3.8) is 0 Å². The van der Waals surface area contributed by atoms with Gasteiger partial charge >= 0.3 is 0 Å². The zero-order valence-corrected chi connectivity index (χ0v) is 11.0. The second-order valence-electron chi connectivity index (χ2n) is 3.81. The third-order valence-electron chi connectivity index (χ3n) is 2.77. The predicted octanol–water partition coefficient (Wildman–Crippen LogP) is 2.19. The average molecular weight is 267 g/mol. The summed E-state index contributed by atoms with van der Waals surface area (Å²) in [6.45, 7) is 0. The highest BCUT2D eigenvalue weighted by Crippen LogP contribution is 2.24. The van der Waals surface area contributed by atoms with Crippen molar-refractivity contribution >= 4 is 11.5 Å². The molecule has 1 atom stereocenters. The highest BCUT2D eigenvalue weighted by molar-refractivity contribution is 7.03. The van der Waals surface area contributed by atoms with Gasteiger partial charge in [-0.05, 0) is 36.6 Å². The molecule has 0 bridgehead atoms. The Morgan fingerprint density at radius 2 is 2.33 bits per heavy atom. The van der Waals surface area contributed by atoms with E-state index in [9.17, 15) is 4.39 Å². The standard InChI is InChI=1S/C12H14FN3OS/c1-14-9(10-7-18-16-15-10)6-8-4-3-5-11(17-2)12(8)13/h3-5,7,9,14H,6H2,1-2H3. The van der Waals surface area contributed by atoms with Gasteiger partial charge in [-0.15, -0.1) is 5.10 Å². The first-order valence-corrected chi connectivity index (χ1v) is 6.35. The summed E-state index contributed by atoms with van der Waals surface area (Å²) in [7, 11) is 3.28. The zero-order chi connectivity index (χ0) is 13.0. The van der Waals surface area contributed by atoms with Crippen LogP contribution in [0.2, 0.25) is 0 Å². The number of aromatic nitrogens is 2. The summed E-state index contributed by atoms with van der Waals surface area (Å²) in [6, 6.07) is 5.09. The van der Waals surface area contributed by atoms with Crippen LogP contribution in [0.25, 0.3) is 0 Å². The van der Waals surface area contributed by atoms with Gasteiger partial charge in [-0.25, -0.2) is 4.39 Å². The molecular weight excluding hydrogens is 253 g/mol. The smallest absolute Gasteiger partial charge is 0.168 e. The van der Waals surface area contributed by atoms with Crippen LogP contribution in [0, 0.1) is 5.82 Å². The lowest BCUT2D eigenvalue weighted by Crippen LogP contribution is -2.19. The lowest BCUT2D eigenvalue weighted by molar-refractivity contribution is 0.382. The molecule has 1 aromatic carbocycles. The molecule has 0 spiro atoms. The quantitative estimate of drug-likeness (QED) is 0.902. The summed E-state index contributed by atoms with van der Waals surface area (Å²) >= 11 is 1.29. The maximum Gasteiger partial charge on any atom is 0.168 e. The summed E-state index contributed by atoms with van der Waals surface area (Å²) in [5, 5.41) is 8.98. The van der Waals surface area contributed by atoms with Crippen LogP contribution in [0.5, 0.6) is 5.75 Å². The number of halogens is 1. The molecule has 0 amide bonds. The van der Waals surface area contributed by atoms with Crippen LogP contribution in [0.15, 0.2) is 23.6 Å². The Kier molecular flexibility index (Phi) is 4.22. The molecule has 1 heterocycles. The van der Waals surface area contributed by atoms with E-state index in [4.69, 9.17) is 4.74 Å². The Hall–Kier alpha value is -1.53. The van der Waals surface area contributed by atoms with E-state index >= 15 is 0 Å². The van der Waals surface area contributed by atoms with Gasteiger partial charge in [0.25, 0.3) is 0 Å². The van der Waals surface area contributed by atoms with Crippen LogP contribution in [0.1, 0.15) is 17.3 Å². The van der Waals surface area contributed by atoms with E-state index in [0.29, 0.717) is 12.0 Å². The summed E-state index contributed by atoms with van der Waals surface area (Å²) in [5.74, 6) is -0.0535. The van der Waals surface area contributed by atoms with Crippen LogP contribution in [-0.2, 0) is 6.42 Å². The van der Waals surface area contributed by atoms with E-state index in [2.05, 4.69) is 14.9 Å². The fourth-order valence-electron chi connectivity index (χ4n) is 1.77. The second-order valence-corrected chi connectivity index (χ2v) is 4.42. The number of methoxy groups -OCH3 is 1. The molecule has 0 aliphatic rings. The topological polar surface area (TPSA) is 47.0 Å². The number of nitrogens with zero attached hydrogens (tertiary/aromatic N) is 2.